The van der Waals surface area contributed by atoms with Gasteiger partial charge in [-0.2, -0.15) is 0 Å². The minimum Gasteiger partial charge on any atom is -0.486 e. The summed E-state index contributed by atoms with van der Waals surface area (Å²) in [5.41, 5.74) is 1.88. The van der Waals surface area contributed by atoms with Crippen molar-refractivity contribution in [2.75, 3.05) is 11.1 Å². The van der Waals surface area contributed by atoms with E-state index in [0.29, 0.717) is 17.5 Å². The number of benzene rings is 2. The Morgan fingerprint density at radius 3 is 2.79 bits per heavy atom. The summed E-state index contributed by atoms with van der Waals surface area (Å²) in [5.74, 6) is 1.56. The van der Waals surface area contributed by atoms with Crippen LogP contribution in [0.4, 0.5) is 5.69 Å². The van der Waals surface area contributed by atoms with Crippen molar-refractivity contribution in [2.45, 2.75) is 25.2 Å². The third-order valence-corrected chi connectivity index (χ3v) is 5.42. The average Bonchev–Trinajstić information content (AvgIpc) is 3.08. The second kappa shape index (κ2) is 10.3. The van der Waals surface area contributed by atoms with Gasteiger partial charge >= 0.3 is 0 Å². The number of carbonyl (C=O) groups is 1. The SMILES string of the molecule is C=CCn1c(COc2ccc(Br)cc2)nnc1SCC(=O)Nc1cccc(C)c1. The van der Waals surface area contributed by atoms with Gasteiger partial charge in [-0.05, 0) is 48.9 Å². The van der Waals surface area contributed by atoms with Crippen molar-refractivity contribution in [3.05, 3.63) is 77.0 Å². The first kappa shape index (κ1) is 21.1. The maximum atomic E-state index is 12.3. The van der Waals surface area contributed by atoms with Crippen LogP contribution in [0, 0.1) is 6.92 Å². The Hall–Kier alpha value is -2.58. The van der Waals surface area contributed by atoms with Crippen LogP contribution in [0.25, 0.3) is 0 Å². The summed E-state index contributed by atoms with van der Waals surface area (Å²) in [6, 6.07) is 15.3. The molecule has 2 aromatic carbocycles. The number of nitrogens with one attached hydrogen (secondary N) is 1. The fourth-order valence-corrected chi connectivity index (χ4v) is 3.60. The molecule has 0 aliphatic carbocycles. The summed E-state index contributed by atoms with van der Waals surface area (Å²) in [6.07, 6.45) is 1.77. The highest BCUT2D eigenvalue weighted by molar-refractivity contribution is 9.10. The van der Waals surface area contributed by atoms with Crippen LogP contribution in [0.5, 0.6) is 5.75 Å². The number of anilines is 1. The topological polar surface area (TPSA) is 69.0 Å². The third-order valence-electron chi connectivity index (χ3n) is 3.92. The summed E-state index contributed by atoms with van der Waals surface area (Å²) in [4.78, 5) is 12.3. The monoisotopic (exact) mass is 472 g/mol. The molecule has 0 spiro atoms. The van der Waals surface area contributed by atoms with Gasteiger partial charge in [0, 0.05) is 16.7 Å². The molecular weight excluding hydrogens is 452 g/mol. The second-order valence-corrected chi connectivity index (χ2v) is 8.11. The Morgan fingerprint density at radius 1 is 1.28 bits per heavy atom. The zero-order chi connectivity index (χ0) is 20.6. The highest BCUT2D eigenvalue weighted by atomic mass is 79.9. The van der Waals surface area contributed by atoms with Crippen LogP contribution in [0.2, 0.25) is 0 Å². The first-order valence-electron chi connectivity index (χ1n) is 8.96. The number of ether oxygens (including phenoxy) is 1. The molecular formula is C21H21BrN4O2S. The van der Waals surface area contributed by atoms with Crippen LogP contribution < -0.4 is 10.1 Å². The molecule has 0 saturated carbocycles. The summed E-state index contributed by atoms with van der Waals surface area (Å²) >= 11 is 4.73. The van der Waals surface area contributed by atoms with E-state index in [9.17, 15) is 4.79 Å². The van der Waals surface area contributed by atoms with Gasteiger partial charge in [-0.3, -0.25) is 9.36 Å². The van der Waals surface area contributed by atoms with Crippen molar-refractivity contribution < 1.29 is 9.53 Å². The van der Waals surface area contributed by atoms with Gasteiger partial charge in [0.1, 0.15) is 12.4 Å². The maximum absolute atomic E-state index is 12.3. The van der Waals surface area contributed by atoms with Gasteiger partial charge in [0.05, 0.1) is 5.75 Å². The molecule has 0 aliphatic rings. The minimum atomic E-state index is -0.0959. The van der Waals surface area contributed by atoms with Gasteiger partial charge in [-0.15, -0.1) is 16.8 Å². The predicted octanol–water partition coefficient (Wildman–Crippen LogP) is 4.84. The Kier molecular flexibility index (Phi) is 7.48. The lowest BCUT2D eigenvalue weighted by atomic mass is 10.2. The molecule has 3 rings (SSSR count). The molecule has 0 unspecified atom stereocenters. The maximum Gasteiger partial charge on any atom is 0.234 e. The Morgan fingerprint density at radius 2 is 2.07 bits per heavy atom. The molecule has 150 valence electrons. The van der Waals surface area contributed by atoms with E-state index in [1.165, 1.54) is 11.8 Å². The number of rotatable bonds is 9. The normalized spacial score (nSPS) is 10.6. The zero-order valence-electron chi connectivity index (χ0n) is 16.0. The van der Waals surface area contributed by atoms with Crippen LogP contribution in [0.15, 0.2) is 70.8 Å². The Bertz CT molecular complexity index is 989. The molecule has 1 amide bonds. The van der Waals surface area contributed by atoms with E-state index in [2.05, 4.69) is 38.0 Å². The number of carbonyl (C=O) groups excluding carboxylic acids is 1. The fourth-order valence-electron chi connectivity index (χ4n) is 2.57. The van der Waals surface area contributed by atoms with E-state index in [4.69, 9.17) is 4.74 Å². The Balaban J connectivity index is 1.60. The van der Waals surface area contributed by atoms with E-state index >= 15 is 0 Å². The molecule has 8 heteroatoms. The van der Waals surface area contributed by atoms with Crippen molar-refractivity contribution >= 4 is 39.3 Å². The van der Waals surface area contributed by atoms with Crippen LogP contribution in [0.3, 0.4) is 0 Å². The number of allylic oxidation sites excluding steroid dienone is 1. The molecule has 3 aromatic rings. The number of hydrogen-bond donors (Lipinski definition) is 1. The molecule has 0 bridgehead atoms. The van der Waals surface area contributed by atoms with Crippen LogP contribution in [0.1, 0.15) is 11.4 Å². The molecule has 0 fully saturated rings. The van der Waals surface area contributed by atoms with Crippen molar-refractivity contribution in [3.8, 4) is 5.75 Å². The van der Waals surface area contributed by atoms with E-state index in [0.717, 1.165) is 21.5 Å². The first-order valence-corrected chi connectivity index (χ1v) is 10.7. The lowest BCUT2D eigenvalue weighted by Gasteiger charge is -2.09. The van der Waals surface area contributed by atoms with Gasteiger partial charge in [0.25, 0.3) is 0 Å². The second-order valence-electron chi connectivity index (χ2n) is 6.25. The molecule has 1 heterocycles. The lowest BCUT2D eigenvalue weighted by Crippen LogP contribution is -2.15. The summed E-state index contributed by atoms with van der Waals surface area (Å²) in [5, 5.41) is 12.0. The highest BCUT2D eigenvalue weighted by Crippen LogP contribution is 2.21. The lowest BCUT2D eigenvalue weighted by molar-refractivity contribution is -0.113. The summed E-state index contributed by atoms with van der Waals surface area (Å²) in [6.45, 7) is 6.59. The summed E-state index contributed by atoms with van der Waals surface area (Å²) < 4.78 is 8.68. The molecule has 29 heavy (non-hydrogen) atoms. The van der Waals surface area contributed by atoms with Crippen LogP contribution in [-0.2, 0) is 17.9 Å². The van der Waals surface area contributed by atoms with E-state index < -0.39 is 0 Å². The van der Waals surface area contributed by atoms with Crippen LogP contribution >= 0.6 is 27.7 Å². The van der Waals surface area contributed by atoms with Crippen molar-refractivity contribution in [2.24, 2.45) is 0 Å². The Labute approximate surface area is 182 Å². The number of hydrogen-bond acceptors (Lipinski definition) is 5. The quantitative estimate of drug-likeness (QED) is 0.356. The molecule has 1 aromatic heterocycles. The predicted molar refractivity (Wildman–Crippen MR) is 119 cm³/mol. The number of halogens is 1. The molecule has 1 N–H and O–H groups in total. The smallest absolute Gasteiger partial charge is 0.234 e. The number of aromatic nitrogens is 3. The first-order chi connectivity index (χ1) is 14.0. The number of aryl methyl sites for hydroxylation is 1. The molecule has 0 aliphatic heterocycles. The van der Waals surface area contributed by atoms with Crippen molar-refractivity contribution in [1.82, 2.24) is 14.8 Å². The number of nitrogens with zero attached hydrogens (tertiary/aromatic N) is 3. The van der Waals surface area contributed by atoms with Gasteiger partial charge < -0.3 is 10.1 Å². The zero-order valence-corrected chi connectivity index (χ0v) is 18.4. The highest BCUT2D eigenvalue weighted by Gasteiger charge is 2.14. The summed E-state index contributed by atoms with van der Waals surface area (Å²) in [7, 11) is 0. The van der Waals surface area contributed by atoms with Gasteiger partial charge in [0.2, 0.25) is 5.91 Å². The molecule has 0 saturated heterocycles. The van der Waals surface area contributed by atoms with Crippen molar-refractivity contribution in [3.63, 3.8) is 0 Å². The van der Waals surface area contributed by atoms with E-state index in [1.54, 1.807) is 6.08 Å². The number of amides is 1. The minimum absolute atomic E-state index is 0.0959. The average molecular weight is 473 g/mol. The number of thioether (sulfide) groups is 1. The van der Waals surface area contributed by atoms with Crippen LogP contribution in [-0.4, -0.2) is 26.4 Å². The fraction of sp³-hybridized carbons (Fsp3) is 0.190. The van der Waals surface area contributed by atoms with Gasteiger partial charge in [0.15, 0.2) is 11.0 Å². The largest absolute Gasteiger partial charge is 0.486 e. The molecule has 0 radical (unpaired) electrons. The van der Waals surface area contributed by atoms with E-state index in [-0.39, 0.29) is 18.3 Å². The standard InChI is InChI=1S/C21H21BrN4O2S/c1-3-11-26-19(13-28-18-9-7-16(22)8-10-18)24-25-21(26)29-14-20(27)23-17-6-4-5-15(2)12-17/h3-10,12H,1,11,13-14H2,2H3,(H,23,27). The molecule has 6 nitrogen and oxygen atoms in total. The molecule has 0 atom stereocenters. The van der Waals surface area contributed by atoms with Gasteiger partial charge in [-0.1, -0.05) is 45.9 Å². The van der Waals surface area contributed by atoms with Gasteiger partial charge in [-0.25, -0.2) is 0 Å². The third kappa shape index (κ3) is 6.20. The van der Waals surface area contributed by atoms with E-state index in [1.807, 2.05) is 60.0 Å². The van der Waals surface area contributed by atoms with Crippen molar-refractivity contribution in [1.29, 1.82) is 0 Å².